The summed E-state index contributed by atoms with van der Waals surface area (Å²) in [5, 5.41) is 0. The summed E-state index contributed by atoms with van der Waals surface area (Å²) < 4.78 is 5.77. The van der Waals surface area contributed by atoms with Gasteiger partial charge in [-0.15, -0.1) is 48.5 Å². The van der Waals surface area contributed by atoms with Crippen LogP contribution in [0.15, 0.2) is 212 Å². The van der Waals surface area contributed by atoms with E-state index >= 15 is 0 Å². The van der Waals surface area contributed by atoms with Crippen LogP contribution in [0.25, 0.3) is 0 Å². The quantitative estimate of drug-likeness (QED) is 0.103. The molecular weight excluding hydrogens is 543 g/mol. The summed E-state index contributed by atoms with van der Waals surface area (Å²) in [5.41, 5.74) is 3.75. The van der Waals surface area contributed by atoms with Crippen molar-refractivity contribution in [1.29, 1.82) is 0 Å². The first-order valence-electron chi connectivity index (χ1n) is 15.3. The van der Waals surface area contributed by atoms with Gasteiger partial charge in [-0.1, -0.05) is 91.0 Å². The van der Waals surface area contributed by atoms with Crippen molar-refractivity contribution in [1.82, 2.24) is 0 Å². The Morgan fingerprint density at radius 2 is 0.409 bits per heavy atom. The fraction of sp³-hybridized carbons (Fsp3) is 0. The second kappa shape index (κ2) is 14.4. The Morgan fingerprint density at radius 3 is 0.614 bits per heavy atom. The number of rotatable bonds is 7. The second-order valence-corrected chi connectivity index (χ2v) is 15.4. The predicted molar refractivity (Wildman–Crippen MR) is 190 cm³/mol. The summed E-state index contributed by atoms with van der Waals surface area (Å²) in [6.45, 7) is 0. The molecule has 210 valence electrons. The molecule has 0 heterocycles. The highest BCUT2D eigenvalue weighted by Crippen LogP contribution is 2.30. The molecule has 0 aliphatic carbocycles. The van der Waals surface area contributed by atoms with Gasteiger partial charge < -0.3 is 0 Å². The van der Waals surface area contributed by atoms with E-state index in [2.05, 4.69) is 212 Å². The first kappa shape index (κ1) is 29.0. The van der Waals surface area contributed by atoms with Crippen molar-refractivity contribution in [3.8, 4) is 0 Å². The minimum Gasteiger partial charge on any atom is -0.218 e. The van der Waals surface area contributed by atoms with Gasteiger partial charge in [0, 0.05) is 0 Å². The monoisotopic (exact) mass is 578 g/mol. The van der Waals surface area contributed by atoms with E-state index in [0.29, 0.717) is 0 Å². The Labute approximate surface area is 264 Å². The Bertz CT molecular complexity index is 1550. The summed E-state index contributed by atoms with van der Waals surface area (Å²) in [6, 6.07) is 75.8. The molecule has 0 N–H and O–H groups in total. The van der Waals surface area contributed by atoms with Gasteiger partial charge in [0.05, 0.1) is 22.6 Å². The van der Waals surface area contributed by atoms with Crippen molar-refractivity contribution in [2.45, 2.75) is 0 Å². The third kappa shape index (κ3) is 6.31. The average molecular weight is 579 g/mol. The lowest BCUT2D eigenvalue weighted by atomic mass is 9.85. The maximum Gasteiger partial charge on any atom is 0.266 e. The molecule has 0 bridgehead atoms. The maximum atomic E-state index is 2.30. The van der Waals surface area contributed by atoms with E-state index in [9.17, 15) is 0 Å². The molecule has 0 spiro atoms. The van der Waals surface area contributed by atoms with E-state index in [1.54, 1.807) is 0 Å². The van der Waals surface area contributed by atoms with Crippen molar-refractivity contribution < 1.29 is 0 Å². The molecule has 0 aliphatic rings. The van der Waals surface area contributed by atoms with Crippen molar-refractivity contribution in [2.24, 2.45) is 0 Å². The van der Waals surface area contributed by atoms with Gasteiger partial charge in [0.25, 0.3) is 13.1 Å². The zero-order valence-corrected chi connectivity index (χ0v) is 25.9. The molecule has 0 unspecified atom stereocenters. The smallest absolute Gasteiger partial charge is 0.218 e. The Hall–Kier alpha value is -5.06. The Balaban J connectivity index is 0.000000162. The highest BCUT2D eigenvalue weighted by molar-refractivity contribution is 7.19. The van der Waals surface area contributed by atoms with Crippen LogP contribution in [0.4, 0.5) is 0 Å². The molecular formula is C43H35Al. The highest BCUT2D eigenvalue weighted by Gasteiger charge is 2.36. The Kier molecular flexibility index (Phi) is 9.51. The van der Waals surface area contributed by atoms with Crippen LogP contribution in [0.5, 0.6) is 0 Å². The van der Waals surface area contributed by atoms with Gasteiger partial charge >= 0.3 is 0 Å². The third-order valence-corrected chi connectivity index (χ3v) is 13.9. The fourth-order valence-corrected chi connectivity index (χ4v) is 11.9. The highest BCUT2D eigenvalue weighted by atomic mass is 27.2. The molecule has 0 radical (unpaired) electrons. The SMILES string of the molecule is c1cc[c]([Al-]([c]2ccccc2)([c]2ccccc2)[c]2ccccc2)cc1.c1ccc([C+](c2ccccc2)c2ccccc2)cc1. The van der Waals surface area contributed by atoms with Gasteiger partial charge in [-0.2, -0.15) is 0 Å². The molecule has 7 rings (SSSR count). The minimum atomic E-state index is -2.69. The van der Waals surface area contributed by atoms with Crippen LogP contribution in [-0.4, -0.2) is 13.1 Å². The lowest BCUT2D eigenvalue weighted by molar-refractivity contribution is 1.23. The van der Waals surface area contributed by atoms with E-state index in [1.807, 2.05) is 0 Å². The van der Waals surface area contributed by atoms with Crippen molar-refractivity contribution in [2.75, 3.05) is 0 Å². The van der Waals surface area contributed by atoms with Crippen LogP contribution in [0.1, 0.15) is 16.7 Å². The van der Waals surface area contributed by atoms with Gasteiger partial charge in [-0.25, -0.2) is 17.7 Å². The van der Waals surface area contributed by atoms with Crippen molar-refractivity contribution in [3.05, 3.63) is 235 Å². The molecule has 0 atom stereocenters. The van der Waals surface area contributed by atoms with Crippen LogP contribution >= 0.6 is 0 Å². The van der Waals surface area contributed by atoms with Crippen LogP contribution in [0, 0.1) is 5.92 Å². The molecule has 0 saturated heterocycles. The molecule has 7 aromatic carbocycles. The van der Waals surface area contributed by atoms with Gasteiger partial charge in [-0.3, -0.25) is 0 Å². The van der Waals surface area contributed by atoms with Gasteiger partial charge in [0.15, 0.2) is 0 Å². The first-order valence-corrected chi connectivity index (χ1v) is 17.6. The maximum absolute atomic E-state index is 2.69. The summed E-state index contributed by atoms with van der Waals surface area (Å²) in [5.74, 6) is 1.28. The Morgan fingerprint density at radius 1 is 0.227 bits per heavy atom. The van der Waals surface area contributed by atoms with Crippen LogP contribution in [-0.2, 0) is 0 Å². The lowest BCUT2D eigenvalue weighted by Crippen LogP contribution is -2.74. The van der Waals surface area contributed by atoms with Crippen LogP contribution < -0.4 is 17.7 Å². The molecule has 0 amide bonds. The summed E-state index contributed by atoms with van der Waals surface area (Å²) in [7, 11) is 0. The number of hydrogen-bond acceptors (Lipinski definition) is 0. The van der Waals surface area contributed by atoms with E-state index in [-0.39, 0.29) is 0 Å². The van der Waals surface area contributed by atoms with E-state index in [4.69, 9.17) is 0 Å². The zero-order valence-electron chi connectivity index (χ0n) is 24.8. The molecule has 44 heavy (non-hydrogen) atoms. The third-order valence-electron chi connectivity index (χ3n) is 8.39. The molecule has 0 fully saturated rings. The van der Waals surface area contributed by atoms with Gasteiger partial charge in [0.2, 0.25) is 0 Å². The van der Waals surface area contributed by atoms with E-state index in [0.717, 1.165) is 0 Å². The molecule has 0 nitrogen and oxygen atoms in total. The first-order chi connectivity index (χ1) is 21.9. The standard InChI is InChI=1S/C19H15.4C6H5.Al/c1-4-10-16(11-5-1)19(17-12-6-2-7-13-17)18-14-8-3-9-15-18;4*1-2-4-6-5-3-1;/h1-15H;4*1-5H;/q+1;;;;;-1. The fourth-order valence-electron chi connectivity index (χ4n) is 6.44. The second-order valence-electron chi connectivity index (χ2n) is 11.0. The predicted octanol–water partition coefficient (Wildman–Crippen LogP) is 7.77. The molecule has 7 aromatic rings. The van der Waals surface area contributed by atoms with Crippen LogP contribution in [0.3, 0.4) is 0 Å². The van der Waals surface area contributed by atoms with E-state index < -0.39 is 13.1 Å². The van der Waals surface area contributed by atoms with Crippen LogP contribution in [0.2, 0.25) is 0 Å². The summed E-state index contributed by atoms with van der Waals surface area (Å²) >= 11 is -2.69. The van der Waals surface area contributed by atoms with Crippen molar-refractivity contribution in [3.63, 3.8) is 0 Å². The largest absolute Gasteiger partial charge is 0.266 e. The molecule has 1 heteroatoms. The lowest BCUT2D eigenvalue weighted by Gasteiger charge is -2.40. The summed E-state index contributed by atoms with van der Waals surface area (Å²) in [4.78, 5) is 0. The average Bonchev–Trinajstić information content (AvgIpc) is 3.12. The zero-order chi connectivity index (χ0) is 29.9. The van der Waals surface area contributed by atoms with E-state index in [1.165, 1.54) is 40.3 Å². The topological polar surface area (TPSA) is 0 Å². The number of benzene rings is 7. The number of hydrogen-bond donors (Lipinski definition) is 0. The summed E-state index contributed by atoms with van der Waals surface area (Å²) in [6.07, 6.45) is 0. The molecule has 0 aromatic heterocycles. The normalized spacial score (nSPS) is 10.7. The van der Waals surface area contributed by atoms with Crippen molar-refractivity contribution >= 4 is 30.8 Å². The molecule has 0 saturated carbocycles. The minimum absolute atomic E-state index is 1.25. The van der Waals surface area contributed by atoms with Gasteiger partial charge in [-0.05, 0) is 72.8 Å². The molecule has 0 aliphatic heterocycles. The van der Waals surface area contributed by atoms with Gasteiger partial charge in [0.1, 0.15) is 0 Å².